The Morgan fingerprint density at radius 1 is 1.08 bits per heavy atom. The monoisotopic (exact) mass is 368 g/mol. The van der Waals surface area contributed by atoms with Gasteiger partial charge in [0, 0.05) is 11.1 Å². The average Bonchev–Trinajstić information content (AvgIpc) is 3.12. The van der Waals surface area contributed by atoms with Crippen LogP contribution < -0.4 is 4.74 Å². The van der Waals surface area contributed by atoms with E-state index >= 15 is 0 Å². The molecule has 2 aromatic carbocycles. The van der Waals surface area contributed by atoms with Gasteiger partial charge in [-0.3, -0.25) is 4.79 Å². The normalized spacial score (nSPS) is 12.0. The Hall–Kier alpha value is -2.60. The molecule has 0 spiro atoms. The van der Waals surface area contributed by atoms with Gasteiger partial charge >= 0.3 is 0 Å². The van der Waals surface area contributed by atoms with Gasteiger partial charge in [-0.05, 0) is 68.3 Å². The molecule has 6 heteroatoms. The maximum Gasteiger partial charge on any atom is 0.277 e. The summed E-state index contributed by atoms with van der Waals surface area (Å²) in [6.07, 6.45) is 0. The van der Waals surface area contributed by atoms with Gasteiger partial charge in [0.1, 0.15) is 5.75 Å². The number of carbonyl (C=O) groups excluding carboxylic acids is 1. The number of rotatable bonds is 6. The van der Waals surface area contributed by atoms with Gasteiger partial charge in [0.2, 0.25) is 5.89 Å². The lowest BCUT2D eigenvalue weighted by atomic mass is 10.1. The van der Waals surface area contributed by atoms with E-state index in [0.717, 1.165) is 16.9 Å². The number of hydrogen-bond donors (Lipinski definition) is 0. The average molecular weight is 368 g/mol. The number of thioether (sulfide) groups is 1. The van der Waals surface area contributed by atoms with Gasteiger partial charge < -0.3 is 9.15 Å². The van der Waals surface area contributed by atoms with Crippen LogP contribution in [0.3, 0.4) is 0 Å². The molecule has 0 aliphatic heterocycles. The summed E-state index contributed by atoms with van der Waals surface area (Å²) < 4.78 is 10.8. The Morgan fingerprint density at radius 3 is 2.46 bits per heavy atom. The van der Waals surface area contributed by atoms with Crippen LogP contribution in [0.25, 0.3) is 11.5 Å². The summed E-state index contributed by atoms with van der Waals surface area (Å²) in [7, 11) is 1.60. The summed E-state index contributed by atoms with van der Waals surface area (Å²) in [5, 5.41) is 8.21. The van der Waals surface area contributed by atoms with E-state index in [1.165, 1.54) is 17.3 Å². The fraction of sp³-hybridized carbons (Fsp3) is 0.250. The number of Topliss-reactive ketones (excluding diaryl/α,β-unsaturated/α-hetero) is 1. The minimum Gasteiger partial charge on any atom is -0.497 e. The van der Waals surface area contributed by atoms with Crippen LogP contribution in [0, 0.1) is 13.8 Å². The van der Waals surface area contributed by atoms with E-state index in [1.807, 2.05) is 32.0 Å². The molecule has 0 radical (unpaired) electrons. The van der Waals surface area contributed by atoms with Crippen molar-refractivity contribution >= 4 is 17.5 Å². The molecule has 0 aliphatic rings. The van der Waals surface area contributed by atoms with E-state index in [0.29, 0.717) is 16.7 Å². The summed E-state index contributed by atoms with van der Waals surface area (Å²) >= 11 is 1.26. The molecule has 0 saturated carbocycles. The predicted octanol–water partition coefficient (Wildman–Crippen LogP) is 4.73. The molecule has 1 aromatic heterocycles. The number of aromatic nitrogens is 2. The number of hydrogen-bond acceptors (Lipinski definition) is 6. The molecule has 0 amide bonds. The first-order valence-electron chi connectivity index (χ1n) is 8.24. The van der Waals surface area contributed by atoms with E-state index in [1.54, 1.807) is 31.4 Å². The molecule has 5 nitrogen and oxygen atoms in total. The molecule has 0 N–H and O–H groups in total. The molecule has 0 aliphatic carbocycles. The molecule has 0 unspecified atom stereocenters. The standard InChI is InChI=1S/C20H20N2O3S/c1-12-5-6-16(11-13(12)2)19-21-22-20(25-19)26-14(3)18(23)15-7-9-17(24-4)10-8-15/h5-11,14H,1-4H3/t14-/m1/s1. The van der Waals surface area contributed by atoms with Crippen molar-refractivity contribution in [2.75, 3.05) is 7.11 Å². The van der Waals surface area contributed by atoms with Crippen LogP contribution in [0.15, 0.2) is 52.1 Å². The van der Waals surface area contributed by atoms with Crippen molar-refractivity contribution in [3.8, 4) is 17.2 Å². The van der Waals surface area contributed by atoms with Gasteiger partial charge in [0.15, 0.2) is 5.78 Å². The fourth-order valence-corrected chi connectivity index (χ4v) is 3.20. The van der Waals surface area contributed by atoms with Crippen LogP contribution in [0.5, 0.6) is 5.75 Å². The number of ether oxygens (including phenoxy) is 1. The van der Waals surface area contributed by atoms with Crippen LogP contribution >= 0.6 is 11.8 Å². The Labute approximate surface area is 156 Å². The number of methoxy groups -OCH3 is 1. The van der Waals surface area contributed by atoms with Gasteiger partial charge in [0.05, 0.1) is 12.4 Å². The van der Waals surface area contributed by atoms with E-state index in [9.17, 15) is 4.79 Å². The van der Waals surface area contributed by atoms with Crippen molar-refractivity contribution in [3.63, 3.8) is 0 Å². The highest BCUT2D eigenvalue weighted by atomic mass is 32.2. The van der Waals surface area contributed by atoms with Crippen molar-refractivity contribution in [2.24, 2.45) is 0 Å². The summed E-state index contributed by atoms with van der Waals surface area (Å²) in [5.41, 5.74) is 3.88. The van der Waals surface area contributed by atoms with Crippen molar-refractivity contribution in [1.29, 1.82) is 0 Å². The van der Waals surface area contributed by atoms with Gasteiger partial charge in [-0.25, -0.2) is 0 Å². The smallest absolute Gasteiger partial charge is 0.277 e. The van der Waals surface area contributed by atoms with Gasteiger partial charge in [-0.15, -0.1) is 10.2 Å². The second-order valence-electron chi connectivity index (χ2n) is 6.02. The molecular weight excluding hydrogens is 348 g/mol. The van der Waals surface area contributed by atoms with Crippen LogP contribution in [-0.2, 0) is 0 Å². The second kappa shape index (κ2) is 7.74. The van der Waals surface area contributed by atoms with E-state index in [4.69, 9.17) is 9.15 Å². The van der Waals surface area contributed by atoms with Crippen molar-refractivity contribution in [2.45, 2.75) is 31.2 Å². The topological polar surface area (TPSA) is 65.2 Å². The van der Waals surface area contributed by atoms with E-state index in [2.05, 4.69) is 17.1 Å². The third-order valence-electron chi connectivity index (χ3n) is 4.18. The third kappa shape index (κ3) is 3.96. The quantitative estimate of drug-likeness (QED) is 0.463. The van der Waals surface area contributed by atoms with Gasteiger partial charge in [-0.1, -0.05) is 17.8 Å². The molecule has 1 atom stereocenters. The van der Waals surface area contributed by atoms with Crippen molar-refractivity contribution in [3.05, 3.63) is 59.2 Å². The molecule has 3 rings (SSSR count). The predicted molar refractivity (Wildman–Crippen MR) is 102 cm³/mol. The molecule has 3 aromatic rings. The second-order valence-corrected chi connectivity index (χ2v) is 7.32. The zero-order valence-electron chi connectivity index (χ0n) is 15.1. The minimum atomic E-state index is -0.337. The summed E-state index contributed by atoms with van der Waals surface area (Å²) in [6, 6.07) is 13.1. The molecular formula is C20H20N2O3S. The van der Waals surface area contributed by atoms with E-state index < -0.39 is 0 Å². The maximum absolute atomic E-state index is 12.6. The number of benzene rings is 2. The summed E-state index contributed by atoms with van der Waals surface area (Å²) in [5.74, 6) is 1.18. The minimum absolute atomic E-state index is 0.00332. The zero-order valence-corrected chi connectivity index (χ0v) is 16.0. The number of nitrogens with zero attached hydrogens (tertiary/aromatic N) is 2. The SMILES string of the molecule is COc1ccc(C(=O)[C@@H](C)Sc2nnc(-c3ccc(C)c(C)c3)o2)cc1. The van der Waals surface area contributed by atoms with Crippen LogP contribution in [0.4, 0.5) is 0 Å². The highest BCUT2D eigenvalue weighted by molar-refractivity contribution is 8.00. The van der Waals surface area contributed by atoms with Gasteiger partial charge in [0.25, 0.3) is 5.22 Å². The van der Waals surface area contributed by atoms with Crippen LogP contribution in [0.2, 0.25) is 0 Å². The highest BCUT2D eigenvalue weighted by Gasteiger charge is 2.20. The number of ketones is 1. The number of aryl methyl sites for hydroxylation is 2. The first-order valence-corrected chi connectivity index (χ1v) is 9.12. The fourth-order valence-electron chi connectivity index (χ4n) is 2.44. The largest absolute Gasteiger partial charge is 0.497 e. The lowest BCUT2D eigenvalue weighted by Gasteiger charge is -2.08. The molecule has 134 valence electrons. The van der Waals surface area contributed by atoms with E-state index in [-0.39, 0.29) is 11.0 Å². The molecule has 0 bridgehead atoms. The Bertz CT molecular complexity index is 919. The van der Waals surface area contributed by atoms with Crippen LogP contribution in [0.1, 0.15) is 28.4 Å². The lowest BCUT2D eigenvalue weighted by molar-refractivity contribution is 0.0993. The Morgan fingerprint density at radius 2 is 1.81 bits per heavy atom. The zero-order chi connectivity index (χ0) is 18.7. The summed E-state index contributed by atoms with van der Waals surface area (Å²) in [4.78, 5) is 12.6. The molecule has 1 heterocycles. The van der Waals surface area contributed by atoms with Crippen molar-refractivity contribution in [1.82, 2.24) is 10.2 Å². The Balaban J connectivity index is 1.71. The van der Waals surface area contributed by atoms with Crippen LogP contribution in [-0.4, -0.2) is 28.3 Å². The molecule has 26 heavy (non-hydrogen) atoms. The summed E-state index contributed by atoms with van der Waals surface area (Å²) in [6.45, 7) is 5.93. The third-order valence-corrected chi connectivity index (χ3v) is 5.12. The Kier molecular flexibility index (Phi) is 5.42. The molecule has 0 fully saturated rings. The first-order chi connectivity index (χ1) is 12.5. The maximum atomic E-state index is 12.6. The first kappa shape index (κ1) is 18.2. The van der Waals surface area contributed by atoms with Gasteiger partial charge in [-0.2, -0.15) is 0 Å². The van der Waals surface area contributed by atoms with Crippen molar-refractivity contribution < 1.29 is 13.9 Å². The highest BCUT2D eigenvalue weighted by Crippen LogP contribution is 2.28. The molecule has 0 saturated heterocycles. The number of carbonyl (C=O) groups is 1. The lowest BCUT2D eigenvalue weighted by Crippen LogP contribution is -2.13.